The van der Waals surface area contributed by atoms with E-state index >= 15 is 0 Å². The van der Waals surface area contributed by atoms with Gasteiger partial charge in [0.2, 0.25) is 0 Å². The second kappa shape index (κ2) is 10.1. The van der Waals surface area contributed by atoms with E-state index in [-0.39, 0.29) is 55.5 Å². The van der Waals surface area contributed by atoms with Crippen LogP contribution in [0.15, 0.2) is 24.3 Å². The zero-order chi connectivity index (χ0) is 25.3. The van der Waals surface area contributed by atoms with Gasteiger partial charge in [0.1, 0.15) is 29.2 Å². The number of hydrogen-bond acceptors (Lipinski definition) is 5. The van der Waals surface area contributed by atoms with Crippen molar-refractivity contribution in [1.82, 2.24) is 0 Å². The lowest BCUT2D eigenvalue weighted by Gasteiger charge is -2.37. The Morgan fingerprint density at radius 1 is 0.829 bits per heavy atom. The lowest BCUT2D eigenvalue weighted by atomic mass is 9.92. The van der Waals surface area contributed by atoms with Crippen LogP contribution >= 0.6 is 0 Å². The van der Waals surface area contributed by atoms with Gasteiger partial charge >= 0.3 is 6.11 Å². The fourth-order valence-electron chi connectivity index (χ4n) is 3.99. The van der Waals surface area contributed by atoms with Crippen LogP contribution in [0.1, 0.15) is 30.3 Å². The maximum atomic E-state index is 14.6. The SMILES string of the molecule is O=CC1CCC(C2COC(c3cc(F)c(C(F)(F)Oc4cc(F)c(F)c(F)c4)c(F)c3)OC2)OC1. The molecule has 0 spiro atoms. The molecular formula is C23H19F7O5. The van der Waals surface area contributed by atoms with Crippen LogP contribution in [-0.4, -0.2) is 32.2 Å². The predicted octanol–water partition coefficient (Wildman–Crippen LogP) is 5.17. The highest BCUT2D eigenvalue weighted by molar-refractivity contribution is 5.53. The predicted molar refractivity (Wildman–Crippen MR) is 104 cm³/mol. The van der Waals surface area contributed by atoms with Crippen molar-refractivity contribution >= 4 is 6.29 Å². The third kappa shape index (κ3) is 5.44. The Labute approximate surface area is 194 Å². The van der Waals surface area contributed by atoms with Crippen LogP contribution in [0.3, 0.4) is 0 Å². The molecule has 2 fully saturated rings. The van der Waals surface area contributed by atoms with Crippen molar-refractivity contribution in [3.8, 4) is 5.75 Å². The van der Waals surface area contributed by atoms with Gasteiger partial charge in [-0.2, -0.15) is 8.78 Å². The highest BCUT2D eigenvalue weighted by Crippen LogP contribution is 2.38. The molecule has 5 nitrogen and oxygen atoms in total. The van der Waals surface area contributed by atoms with Crippen molar-refractivity contribution in [2.24, 2.45) is 11.8 Å². The van der Waals surface area contributed by atoms with Gasteiger partial charge in [0, 0.05) is 29.5 Å². The molecule has 2 aromatic carbocycles. The molecule has 2 unspecified atom stereocenters. The molecule has 2 saturated heterocycles. The highest BCUT2D eigenvalue weighted by Gasteiger charge is 2.42. The molecule has 0 N–H and O–H groups in total. The van der Waals surface area contributed by atoms with Crippen molar-refractivity contribution in [3.05, 3.63) is 64.5 Å². The van der Waals surface area contributed by atoms with E-state index in [0.717, 1.165) is 6.29 Å². The molecule has 2 heterocycles. The zero-order valence-corrected chi connectivity index (χ0v) is 17.9. The van der Waals surface area contributed by atoms with E-state index in [4.69, 9.17) is 14.2 Å². The summed E-state index contributed by atoms with van der Waals surface area (Å²) in [5.74, 6) is -10.5. The van der Waals surface area contributed by atoms with E-state index in [1.807, 2.05) is 0 Å². The number of alkyl halides is 2. The first-order chi connectivity index (χ1) is 16.6. The molecule has 190 valence electrons. The van der Waals surface area contributed by atoms with Crippen LogP contribution in [0.25, 0.3) is 0 Å². The number of ether oxygens (including phenoxy) is 4. The van der Waals surface area contributed by atoms with Crippen LogP contribution in [0.2, 0.25) is 0 Å². The van der Waals surface area contributed by atoms with Crippen molar-refractivity contribution < 1.29 is 54.5 Å². The Morgan fingerprint density at radius 3 is 1.94 bits per heavy atom. The Bertz CT molecular complexity index is 1030. The van der Waals surface area contributed by atoms with Gasteiger partial charge < -0.3 is 23.7 Å². The molecule has 0 saturated carbocycles. The molecule has 4 rings (SSSR count). The number of carbonyl (C=O) groups excluding carboxylic acids is 1. The third-order valence-electron chi connectivity index (χ3n) is 5.82. The lowest BCUT2D eigenvalue weighted by molar-refractivity contribution is -0.227. The molecule has 0 amide bonds. The van der Waals surface area contributed by atoms with E-state index in [1.165, 1.54) is 0 Å². The van der Waals surface area contributed by atoms with Gasteiger partial charge in [0.15, 0.2) is 23.7 Å². The van der Waals surface area contributed by atoms with E-state index in [2.05, 4.69) is 4.74 Å². The Balaban J connectivity index is 1.45. The number of carbonyl (C=O) groups is 1. The first-order valence-electron chi connectivity index (χ1n) is 10.6. The summed E-state index contributed by atoms with van der Waals surface area (Å²) in [7, 11) is 0. The number of halogens is 7. The topological polar surface area (TPSA) is 54.0 Å². The Hall–Kier alpha value is -2.70. The van der Waals surface area contributed by atoms with Gasteiger partial charge in [-0.25, -0.2) is 22.0 Å². The summed E-state index contributed by atoms with van der Waals surface area (Å²) in [5, 5.41) is 0. The largest absolute Gasteiger partial charge is 0.432 e. The Morgan fingerprint density at radius 2 is 1.43 bits per heavy atom. The highest BCUT2D eigenvalue weighted by atomic mass is 19.3. The minimum absolute atomic E-state index is 0.104. The maximum Gasteiger partial charge on any atom is 0.432 e. The van der Waals surface area contributed by atoms with Crippen LogP contribution in [0.5, 0.6) is 5.75 Å². The van der Waals surface area contributed by atoms with Gasteiger partial charge in [0.05, 0.1) is 25.9 Å². The average Bonchev–Trinajstić information content (AvgIpc) is 2.81. The third-order valence-corrected chi connectivity index (χ3v) is 5.82. The summed E-state index contributed by atoms with van der Waals surface area (Å²) in [6.45, 7) is 0.486. The smallest absolute Gasteiger partial charge is 0.429 e. The molecule has 2 atom stereocenters. The summed E-state index contributed by atoms with van der Waals surface area (Å²) in [6.07, 6.45) is -4.07. The summed E-state index contributed by atoms with van der Waals surface area (Å²) < 4.78 is 118. The standard InChI is InChI=1S/C23H19F7O5/c24-15-3-12(22-33-9-13(10-34-22)19-2-1-11(7-31)8-32-19)4-16(25)20(15)23(29,30)35-14-5-17(26)21(28)18(27)6-14/h3-7,11,13,19,22H,1-2,8-10H2. The van der Waals surface area contributed by atoms with Crippen molar-refractivity contribution in [2.75, 3.05) is 19.8 Å². The molecule has 0 bridgehead atoms. The van der Waals surface area contributed by atoms with Gasteiger partial charge in [-0.15, -0.1) is 0 Å². The number of benzene rings is 2. The van der Waals surface area contributed by atoms with E-state index in [9.17, 15) is 35.5 Å². The summed E-state index contributed by atoms with van der Waals surface area (Å²) in [6, 6.07) is 1.37. The van der Waals surface area contributed by atoms with E-state index in [1.54, 1.807) is 0 Å². The molecule has 0 aromatic heterocycles. The normalized spacial score (nSPS) is 25.3. The minimum Gasteiger partial charge on any atom is -0.429 e. The van der Waals surface area contributed by atoms with Gasteiger partial charge in [0.25, 0.3) is 0 Å². The summed E-state index contributed by atoms with van der Waals surface area (Å²) >= 11 is 0. The number of aldehydes is 1. The first-order valence-corrected chi connectivity index (χ1v) is 10.6. The van der Waals surface area contributed by atoms with Crippen LogP contribution in [0, 0.1) is 40.9 Å². The number of rotatable bonds is 6. The van der Waals surface area contributed by atoms with Crippen molar-refractivity contribution in [3.63, 3.8) is 0 Å². The van der Waals surface area contributed by atoms with Gasteiger partial charge in [-0.3, -0.25) is 0 Å². The molecule has 2 aromatic rings. The molecule has 2 aliphatic rings. The van der Waals surface area contributed by atoms with Gasteiger partial charge in [-0.05, 0) is 25.0 Å². The zero-order valence-electron chi connectivity index (χ0n) is 17.9. The van der Waals surface area contributed by atoms with Crippen LogP contribution in [-0.2, 0) is 25.1 Å². The first kappa shape index (κ1) is 25.4. The second-order valence-electron chi connectivity index (χ2n) is 8.28. The van der Waals surface area contributed by atoms with Crippen molar-refractivity contribution in [1.29, 1.82) is 0 Å². The molecular weight excluding hydrogens is 489 g/mol. The molecule has 0 radical (unpaired) electrons. The molecule has 0 aliphatic carbocycles. The molecule has 12 heteroatoms. The fourth-order valence-corrected chi connectivity index (χ4v) is 3.99. The van der Waals surface area contributed by atoms with Crippen LogP contribution < -0.4 is 4.74 Å². The van der Waals surface area contributed by atoms with E-state index < -0.39 is 52.8 Å². The monoisotopic (exact) mass is 508 g/mol. The quantitative estimate of drug-likeness (QED) is 0.306. The van der Waals surface area contributed by atoms with Crippen LogP contribution in [0.4, 0.5) is 30.7 Å². The lowest BCUT2D eigenvalue weighted by Crippen LogP contribution is -2.40. The van der Waals surface area contributed by atoms with Crippen molar-refractivity contribution in [2.45, 2.75) is 31.3 Å². The molecule has 2 aliphatic heterocycles. The average molecular weight is 508 g/mol. The molecule has 35 heavy (non-hydrogen) atoms. The van der Waals surface area contributed by atoms with Gasteiger partial charge in [-0.1, -0.05) is 0 Å². The maximum absolute atomic E-state index is 14.6. The Kier molecular flexibility index (Phi) is 7.34. The summed E-state index contributed by atoms with van der Waals surface area (Å²) in [4.78, 5) is 10.8. The minimum atomic E-state index is -4.69. The second-order valence-corrected chi connectivity index (χ2v) is 8.28. The number of hydrogen-bond donors (Lipinski definition) is 0. The fraction of sp³-hybridized carbons (Fsp3) is 0.435. The summed E-state index contributed by atoms with van der Waals surface area (Å²) in [5.41, 5.74) is -2.04. The van der Waals surface area contributed by atoms with E-state index in [0.29, 0.717) is 25.0 Å².